The number of rotatable bonds is 2. The zero-order valence-corrected chi connectivity index (χ0v) is 10.9. The van der Waals surface area contributed by atoms with Gasteiger partial charge >= 0.3 is 18.0 Å². The van der Waals surface area contributed by atoms with Crippen molar-refractivity contribution in [1.82, 2.24) is 10.2 Å². The molecule has 0 bridgehead atoms. The summed E-state index contributed by atoms with van der Waals surface area (Å²) in [5.74, 6) is -2.13. The summed E-state index contributed by atoms with van der Waals surface area (Å²) < 4.78 is 0. The molecule has 0 radical (unpaired) electrons. The van der Waals surface area contributed by atoms with Crippen LogP contribution >= 0.6 is 0 Å². The van der Waals surface area contributed by atoms with Gasteiger partial charge in [-0.25, -0.2) is 14.4 Å². The number of piperidine rings is 1. The smallest absolute Gasteiger partial charge is 0.328 e. The van der Waals surface area contributed by atoms with Crippen molar-refractivity contribution < 1.29 is 24.3 Å². The number of carboxylic acid groups (broad SMARTS) is 1. The van der Waals surface area contributed by atoms with Crippen molar-refractivity contribution in [3.8, 4) is 0 Å². The Morgan fingerprint density at radius 1 is 1.00 bits per heavy atom. The lowest BCUT2D eigenvalue weighted by Crippen LogP contribution is -2.39. The highest BCUT2D eigenvalue weighted by Crippen LogP contribution is 2.07. The van der Waals surface area contributed by atoms with Crippen molar-refractivity contribution in [2.45, 2.75) is 19.3 Å². The lowest BCUT2D eigenvalue weighted by atomic mass is 10.1. The second-order valence-electron chi connectivity index (χ2n) is 3.91. The van der Waals surface area contributed by atoms with Crippen molar-refractivity contribution in [2.24, 2.45) is 11.5 Å². The molecular weight excluding hydrogens is 268 g/mol. The van der Waals surface area contributed by atoms with Crippen LogP contribution in [0.15, 0.2) is 12.2 Å². The first-order valence-electron chi connectivity index (χ1n) is 5.88. The van der Waals surface area contributed by atoms with Gasteiger partial charge in [0.05, 0.1) is 0 Å². The molecular formula is C11H18N4O5. The lowest BCUT2D eigenvalue weighted by Gasteiger charge is -2.24. The molecule has 0 unspecified atom stereocenters. The normalized spacial score (nSPS) is 14.1. The highest BCUT2D eigenvalue weighted by atomic mass is 16.4. The summed E-state index contributed by atoms with van der Waals surface area (Å²) in [6, 6.07) is -1.29. The third-order valence-corrected chi connectivity index (χ3v) is 2.29. The number of hydrogen-bond donors (Lipinski definition) is 4. The van der Waals surface area contributed by atoms with Gasteiger partial charge in [-0.3, -0.25) is 10.1 Å². The van der Waals surface area contributed by atoms with E-state index in [1.54, 1.807) is 10.2 Å². The number of nitrogens with two attached hydrogens (primary N) is 2. The molecule has 1 rings (SSSR count). The van der Waals surface area contributed by atoms with E-state index in [2.05, 4.69) is 5.73 Å². The van der Waals surface area contributed by atoms with E-state index in [0.29, 0.717) is 12.2 Å². The first-order chi connectivity index (χ1) is 9.32. The number of urea groups is 2. The second kappa shape index (κ2) is 9.36. The largest absolute Gasteiger partial charge is 0.478 e. The van der Waals surface area contributed by atoms with Gasteiger partial charge in [0.2, 0.25) is 0 Å². The Kier molecular flexibility index (Phi) is 8.16. The molecule has 0 aromatic heterocycles. The Morgan fingerprint density at radius 2 is 1.55 bits per heavy atom. The summed E-state index contributed by atoms with van der Waals surface area (Å²) in [6.45, 7) is 1.71. The van der Waals surface area contributed by atoms with Crippen LogP contribution in [0.2, 0.25) is 0 Å². The number of nitrogens with one attached hydrogen (secondary N) is 1. The number of primary amides is 2. The molecule has 1 aliphatic heterocycles. The molecule has 1 saturated heterocycles. The van der Waals surface area contributed by atoms with Gasteiger partial charge in [0, 0.05) is 25.2 Å². The maximum absolute atomic E-state index is 10.5. The minimum atomic E-state index is -1.27. The molecule has 9 heteroatoms. The maximum Gasteiger partial charge on any atom is 0.328 e. The van der Waals surface area contributed by atoms with Crippen LogP contribution in [0, 0.1) is 0 Å². The number of nitrogens with zero attached hydrogens (tertiary/aromatic N) is 1. The second-order valence-corrected chi connectivity index (χ2v) is 3.91. The number of amides is 5. The highest BCUT2D eigenvalue weighted by Gasteiger charge is 2.11. The number of likely N-dealkylation sites (tertiary alicyclic amines) is 1. The highest BCUT2D eigenvalue weighted by molar-refractivity contribution is 6.02. The van der Waals surface area contributed by atoms with E-state index in [1.165, 1.54) is 6.42 Å². The summed E-state index contributed by atoms with van der Waals surface area (Å²) in [6.07, 6.45) is 4.75. The molecule has 112 valence electrons. The topological polar surface area (TPSA) is 156 Å². The van der Waals surface area contributed by atoms with Crippen LogP contribution in [0.5, 0.6) is 0 Å². The van der Waals surface area contributed by atoms with Crippen molar-refractivity contribution in [1.29, 1.82) is 0 Å². The molecule has 0 atom stereocenters. The quantitative estimate of drug-likeness (QED) is 0.497. The van der Waals surface area contributed by atoms with Crippen molar-refractivity contribution in [2.75, 3.05) is 13.1 Å². The number of hydrogen-bond acceptors (Lipinski definition) is 4. The van der Waals surface area contributed by atoms with Crippen LogP contribution in [-0.4, -0.2) is 47.0 Å². The van der Waals surface area contributed by atoms with Crippen molar-refractivity contribution >= 4 is 23.9 Å². The van der Waals surface area contributed by atoms with Crippen molar-refractivity contribution in [3.05, 3.63) is 12.2 Å². The van der Waals surface area contributed by atoms with Crippen molar-refractivity contribution in [3.63, 3.8) is 0 Å². The Hall–Kier alpha value is -2.58. The predicted molar refractivity (Wildman–Crippen MR) is 69.5 cm³/mol. The van der Waals surface area contributed by atoms with E-state index in [9.17, 15) is 19.2 Å². The molecule has 0 aliphatic carbocycles. The average Bonchev–Trinajstić information content (AvgIpc) is 2.37. The minimum absolute atomic E-state index is 0.269. The van der Waals surface area contributed by atoms with Gasteiger partial charge in [-0.15, -0.1) is 0 Å². The molecule has 9 nitrogen and oxygen atoms in total. The van der Waals surface area contributed by atoms with E-state index in [1.807, 2.05) is 0 Å². The molecule has 1 aliphatic rings. The van der Waals surface area contributed by atoms with E-state index < -0.39 is 17.9 Å². The van der Waals surface area contributed by atoms with E-state index >= 15 is 0 Å². The number of carboxylic acids is 1. The summed E-state index contributed by atoms with van der Waals surface area (Å²) in [5.41, 5.74) is 9.60. The molecule has 20 heavy (non-hydrogen) atoms. The Balaban J connectivity index is 0.000000367. The first kappa shape index (κ1) is 17.4. The van der Waals surface area contributed by atoms with Crippen LogP contribution in [-0.2, 0) is 9.59 Å². The summed E-state index contributed by atoms with van der Waals surface area (Å²) in [5, 5.41) is 9.66. The Labute approximate surface area is 115 Å². The SMILES string of the molecule is NC(=O)N1CCCCC1.NC(=O)NC(=O)C=CC(=O)O. The zero-order valence-electron chi connectivity index (χ0n) is 10.9. The molecule has 1 heterocycles. The average molecular weight is 286 g/mol. The fraction of sp³-hybridized carbons (Fsp3) is 0.455. The standard InChI is InChI=1S/C6H12N2O.C5H6N2O4/c7-6(9)8-4-2-1-3-5-8;6-5(11)7-3(8)1-2-4(9)10/h1-5H2,(H2,7,9);1-2H,(H,9,10)(H3,6,7,8,11). The summed E-state index contributed by atoms with van der Waals surface area (Å²) in [7, 11) is 0. The van der Waals surface area contributed by atoms with Crippen LogP contribution in [0.25, 0.3) is 0 Å². The van der Waals surface area contributed by atoms with Gasteiger partial charge in [-0.2, -0.15) is 0 Å². The maximum atomic E-state index is 10.5. The van der Waals surface area contributed by atoms with Crippen LogP contribution < -0.4 is 16.8 Å². The van der Waals surface area contributed by atoms with E-state index in [-0.39, 0.29) is 6.03 Å². The van der Waals surface area contributed by atoms with Gasteiger partial charge in [0.1, 0.15) is 0 Å². The summed E-state index contributed by atoms with van der Waals surface area (Å²) >= 11 is 0. The third-order valence-electron chi connectivity index (χ3n) is 2.29. The van der Waals surface area contributed by atoms with Crippen LogP contribution in [0.1, 0.15) is 19.3 Å². The fourth-order valence-corrected chi connectivity index (χ4v) is 1.42. The number of carbonyl (C=O) groups excluding carboxylic acids is 3. The van der Waals surface area contributed by atoms with Gasteiger partial charge in [-0.05, 0) is 19.3 Å². The van der Waals surface area contributed by atoms with E-state index in [4.69, 9.17) is 10.8 Å². The Bertz CT molecular complexity index is 402. The first-order valence-corrected chi connectivity index (χ1v) is 5.88. The monoisotopic (exact) mass is 286 g/mol. The number of imide groups is 1. The van der Waals surface area contributed by atoms with Crippen LogP contribution in [0.3, 0.4) is 0 Å². The van der Waals surface area contributed by atoms with Gasteiger partial charge in [0.15, 0.2) is 0 Å². The lowest BCUT2D eigenvalue weighted by molar-refractivity contribution is -0.131. The molecule has 5 amide bonds. The predicted octanol–water partition coefficient (Wildman–Crippen LogP) is -0.627. The number of carbonyl (C=O) groups is 4. The minimum Gasteiger partial charge on any atom is -0.478 e. The third kappa shape index (κ3) is 9.45. The van der Waals surface area contributed by atoms with Gasteiger partial charge < -0.3 is 21.5 Å². The zero-order chi connectivity index (χ0) is 15.5. The van der Waals surface area contributed by atoms with Gasteiger partial charge in [0.25, 0.3) is 5.91 Å². The molecule has 0 aromatic rings. The molecule has 0 spiro atoms. The Morgan fingerprint density at radius 3 is 1.90 bits per heavy atom. The summed E-state index contributed by atoms with van der Waals surface area (Å²) in [4.78, 5) is 42.4. The fourth-order valence-electron chi connectivity index (χ4n) is 1.42. The van der Waals surface area contributed by atoms with E-state index in [0.717, 1.165) is 25.9 Å². The molecule has 1 fully saturated rings. The molecule has 0 saturated carbocycles. The van der Waals surface area contributed by atoms with Crippen LogP contribution in [0.4, 0.5) is 9.59 Å². The number of aliphatic carboxylic acids is 1. The molecule has 6 N–H and O–H groups in total. The van der Waals surface area contributed by atoms with Gasteiger partial charge in [-0.1, -0.05) is 0 Å². The molecule has 0 aromatic carbocycles.